The predicted octanol–water partition coefficient (Wildman–Crippen LogP) is 2.52. The van der Waals surface area contributed by atoms with Gasteiger partial charge in [-0.3, -0.25) is 4.90 Å². The molecule has 1 aromatic rings. The van der Waals surface area contributed by atoms with Crippen LogP contribution in [-0.4, -0.2) is 36.4 Å². The molecule has 1 fully saturated rings. The van der Waals surface area contributed by atoms with Gasteiger partial charge in [0.05, 0.1) is 7.11 Å². The van der Waals surface area contributed by atoms with Gasteiger partial charge in [0.15, 0.2) is 0 Å². The van der Waals surface area contributed by atoms with Crippen molar-refractivity contribution in [1.29, 1.82) is 0 Å². The summed E-state index contributed by atoms with van der Waals surface area (Å²) in [5, 5.41) is 10.4. The molecule has 0 aliphatic carbocycles. The minimum Gasteiger partial charge on any atom is -0.497 e. The van der Waals surface area contributed by atoms with Crippen LogP contribution in [0.5, 0.6) is 5.75 Å². The highest BCUT2D eigenvalue weighted by Gasteiger charge is 2.26. The summed E-state index contributed by atoms with van der Waals surface area (Å²) in [6.07, 6.45) is 2.00. The number of hydrogen-bond donors (Lipinski definition) is 1. The number of rotatable bonds is 4. The second-order valence-electron chi connectivity index (χ2n) is 5.17. The molecular weight excluding hydrogens is 226 g/mol. The van der Waals surface area contributed by atoms with Gasteiger partial charge in [0.25, 0.3) is 0 Å². The van der Waals surface area contributed by atoms with Gasteiger partial charge in [-0.15, -0.1) is 0 Å². The third-order valence-electron chi connectivity index (χ3n) is 3.94. The Kier molecular flexibility index (Phi) is 4.25. The summed E-state index contributed by atoms with van der Waals surface area (Å²) < 4.78 is 5.27. The lowest BCUT2D eigenvalue weighted by Crippen LogP contribution is -2.36. The van der Waals surface area contributed by atoms with Crippen molar-refractivity contribution in [3.8, 4) is 5.75 Å². The van der Waals surface area contributed by atoms with Crippen molar-refractivity contribution in [2.45, 2.75) is 38.8 Å². The van der Waals surface area contributed by atoms with E-state index < -0.39 is 6.23 Å². The zero-order chi connectivity index (χ0) is 13.1. The van der Waals surface area contributed by atoms with Gasteiger partial charge in [-0.05, 0) is 43.0 Å². The lowest BCUT2D eigenvalue weighted by molar-refractivity contribution is 0.00243. The average molecular weight is 249 g/mol. The molecule has 0 bridgehead atoms. The van der Waals surface area contributed by atoms with Gasteiger partial charge in [0, 0.05) is 19.0 Å². The third kappa shape index (κ3) is 2.68. The van der Waals surface area contributed by atoms with Crippen LogP contribution in [0.4, 0.5) is 0 Å². The molecule has 1 saturated heterocycles. The second-order valence-corrected chi connectivity index (χ2v) is 5.17. The number of methoxy groups -OCH3 is 1. The summed E-state index contributed by atoms with van der Waals surface area (Å²) in [5.41, 5.74) is 2.38. The average Bonchev–Trinajstić information content (AvgIpc) is 2.91. The van der Waals surface area contributed by atoms with Crippen molar-refractivity contribution < 1.29 is 9.84 Å². The molecule has 18 heavy (non-hydrogen) atoms. The Hall–Kier alpha value is -1.06. The first-order chi connectivity index (χ1) is 8.63. The largest absolute Gasteiger partial charge is 0.497 e. The minimum absolute atomic E-state index is 0.109. The standard InChI is InChI=1S/C15H23NO2/c1-11-6-7-13(18-3)10-14(11)12(2)15(17)16-8-4-5-9-16/h6-7,10,12,15,17H,4-5,8-9H2,1-3H3/t12-,15?/m0/s1. The van der Waals surface area contributed by atoms with Crippen LogP contribution in [-0.2, 0) is 0 Å². The lowest BCUT2D eigenvalue weighted by Gasteiger charge is -2.29. The highest BCUT2D eigenvalue weighted by molar-refractivity contribution is 5.37. The summed E-state index contributed by atoms with van der Waals surface area (Å²) in [7, 11) is 1.68. The van der Waals surface area contributed by atoms with Gasteiger partial charge in [0.2, 0.25) is 0 Å². The number of ether oxygens (including phenoxy) is 1. The fourth-order valence-electron chi connectivity index (χ4n) is 2.72. The van der Waals surface area contributed by atoms with E-state index >= 15 is 0 Å². The molecule has 1 N–H and O–H groups in total. The molecule has 1 aromatic carbocycles. The molecular formula is C15H23NO2. The van der Waals surface area contributed by atoms with Gasteiger partial charge in [-0.1, -0.05) is 13.0 Å². The Balaban J connectivity index is 2.18. The van der Waals surface area contributed by atoms with Crippen molar-refractivity contribution in [2.75, 3.05) is 20.2 Å². The fraction of sp³-hybridized carbons (Fsp3) is 0.600. The van der Waals surface area contributed by atoms with Gasteiger partial charge in [-0.2, -0.15) is 0 Å². The van der Waals surface area contributed by atoms with E-state index in [4.69, 9.17) is 4.74 Å². The molecule has 0 amide bonds. The van der Waals surface area contributed by atoms with Gasteiger partial charge < -0.3 is 9.84 Å². The molecule has 0 spiro atoms. The van der Waals surface area contributed by atoms with Crippen LogP contribution in [0.2, 0.25) is 0 Å². The van der Waals surface area contributed by atoms with Crippen LogP contribution in [0.3, 0.4) is 0 Å². The molecule has 1 unspecified atom stereocenters. The summed E-state index contributed by atoms with van der Waals surface area (Å²) in [4.78, 5) is 2.17. The van der Waals surface area contributed by atoms with Crippen LogP contribution >= 0.6 is 0 Å². The zero-order valence-electron chi connectivity index (χ0n) is 11.5. The van der Waals surface area contributed by atoms with E-state index in [-0.39, 0.29) is 5.92 Å². The quantitative estimate of drug-likeness (QED) is 0.890. The van der Waals surface area contributed by atoms with E-state index in [1.54, 1.807) is 7.11 Å². The molecule has 0 saturated carbocycles. The number of nitrogens with zero attached hydrogens (tertiary/aromatic N) is 1. The summed E-state index contributed by atoms with van der Waals surface area (Å²) in [6.45, 7) is 6.19. The molecule has 3 nitrogen and oxygen atoms in total. The number of aliphatic hydroxyl groups is 1. The van der Waals surface area contributed by atoms with E-state index in [1.807, 2.05) is 12.1 Å². The number of likely N-dealkylation sites (tertiary alicyclic amines) is 1. The van der Waals surface area contributed by atoms with Crippen LogP contribution in [0.25, 0.3) is 0 Å². The number of hydrogen-bond acceptors (Lipinski definition) is 3. The van der Waals surface area contributed by atoms with Crippen molar-refractivity contribution in [3.05, 3.63) is 29.3 Å². The maximum absolute atomic E-state index is 10.4. The molecule has 0 aromatic heterocycles. The van der Waals surface area contributed by atoms with Crippen LogP contribution in [0.15, 0.2) is 18.2 Å². The highest BCUT2D eigenvalue weighted by atomic mass is 16.5. The van der Waals surface area contributed by atoms with Crippen LogP contribution in [0, 0.1) is 6.92 Å². The molecule has 100 valence electrons. The molecule has 2 rings (SSSR count). The Bertz CT molecular complexity index is 399. The van der Waals surface area contributed by atoms with Gasteiger partial charge >= 0.3 is 0 Å². The first-order valence-electron chi connectivity index (χ1n) is 6.70. The van der Waals surface area contributed by atoms with Crippen molar-refractivity contribution in [1.82, 2.24) is 4.90 Å². The molecule has 1 aliphatic heterocycles. The van der Waals surface area contributed by atoms with Gasteiger partial charge in [0.1, 0.15) is 12.0 Å². The maximum Gasteiger partial charge on any atom is 0.119 e. The van der Waals surface area contributed by atoms with E-state index in [9.17, 15) is 5.11 Å². The monoisotopic (exact) mass is 249 g/mol. The summed E-state index contributed by atoms with van der Waals surface area (Å²) >= 11 is 0. The van der Waals surface area contributed by atoms with Crippen molar-refractivity contribution in [2.24, 2.45) is 0 Å². The molecule has 0 radical (unpaired) electrons. The molecule has 1 heterocycles. The highest BCUT2D eigenvalue weighted by Crippen LogP contribution is 2.29. The molecule has 3 heteroatoms. The molecule has 2 atom stereocenters. The van der Waals surface area contributed by atoms with E-state index in [1.165, 1.54) is 24.0 Å². The smallest absolute Gasteiger partial charge is 0.119 e. The Morgan fingerprint density at radius 1 is 1.28 bits per heavy atom. The Labute approximate surface area is 109 Å². The normalized spacial score (nSPS) is 19.8. The second kappa shape index (κ2) is 5.72. The molecule has 1 aliphatic rings. The minimum atomic E-state index is -0.390. The van der Waals surface area contributed by atoms with Crippen LogP contribution < -0.4 is 4.74 Å². The van der Waals surface area contributed by atoms with E-state index in [0.717, 1.165) is 18.8 Å². The van der Waals surface area contributed by atoms with Crippen molar-refractivity contribution in [3.63, 3.8) is 0 Å². The first kappa shape index (κ1) is 13.4. The SMILES string of the molecule is COc1ccc(C)c([C@H](C)C(O)N2CCCC2)c1. The zero-order valence-corrected chi connectivity index (χ0v) is 11.5. The van der Waals surface area contributed by atoms with Crippen LogP contribution in [0.1, 0.15) is 36.8 Å². The number of aliphatic hydroxyl groups excluding tert-OH is 1. The number of benzene rings is 1. The maximum atomic E-state index is 10.4. The summed E-state index contributed by atoms with van der Waals surface area (Å²) in [5.74, 6) is 0.967. The van der Waals surface area contributed by atoms with Crippen molar-refractivity contribution >= 4 is 0 Å². The van der Waals surface area contributed by atoms with Gasteiger partial charge in [-0.25, -0.2) is 0 Å². The Morgan fingerprint density at radius 2 is 1.94 bits per heavy atom. The predicted molar refractivity (Wildman–Crippen MR) is 73.0 cm³/mol. The first-order valence-corrected chi connectivity index (χ1v) is 6.70. The number of aryl methyl sites for hydroxylation is 1. The van der Waals surface area contributed by atoms with E-state index in [0.29, 0.717) is 0 Å². The van der Waals surface area contributed by atoms with E-state index in [2.05, 4.69) is 24.8 Å². The topological polar surface area (TPSA) is 32.7 Å². The fourth-order valence-corrected chi connectivity index (χ4v) is 2.72. The third-order valence-corrected chi connectivity index (χ3v) is 3.94. The summed E-state index contributed by atoms with van der Waals surface area (Å²) in [6, 6.07) is 6.06. The lowest BCUT2D eigenvalue weighted by atomic mass is 9.94. The Morgan fingerprint density at radius 3 is 2.56 bits per heavy atom.